The predicted molar refractivity (Wildman–Crippen MR) is 122 cm³/mol. The van der Waals surface area contributed by atoms with Crippen molar-refractivity contribution in [2.45, 2.75) is 19.8 Å². The standard InChI is InChI=1S/C23H26N4O4S/c1-16-4-9-19(32-16)23(31)26-13-11-25(12-14-26)21(29)15-24-22(30)17-5-7-18(8-6-17)27-10-2-3-20(27)28/h4-9H,2-3,10-15H2,1H3,(H,24,30). The molecule has 1 aromatic carbocycles. The topological polar surface area (TPSA) is 90.0 Å². The van der Waals surface area contributed by atoms with Gasteiger partial charge in [0.2, 0.25) is 11.8 Å². The zero-order valence-corrected chi connectivity index (χ0v) is 18.8. The van der Waals surface area contributed by atoms with E-state index in [1.165, 1.54) is 11.3 Å². The lowest BCUT2D eigenvalue weighted by atomic mass is 10.2. The van der Waals surface area contributed by atoms with Crippen LogP contribution in [0.2, 0.25) is 0 Å². The summed E-state index contributed by atoms with van der Waals surface area (Å²) in [5, 5.41) is 2.67. The van der Waals surface area contributed by atoms with E-state index in [9.17, 15) is 19.2 Å². The second kappa shape index (κ2) is 9.52. The van der Waals surface area contributed by atoms with E-state index >= 15 is 0 Å². The molecule has 0 bridgehead atoms. The number of rotatable bonds is 5. The van der Waals surface area contributed by atoms with Crippen LogP contribution in [-0.4, -0.2) is 72.7 Å². The van der Waals surface area contributed by atoms with Crippen molar-refractivity contribution in [3.63, 3.8) is 0 Å². The van der Waals surface area contributed by atoms with Crippen molar-refractivity contribution in [1.29, 1.82) is 0 Å². The molecule has 1 N–H and O–H groups in total. The fourth-order valence-corrected chi connectivity index (χ4v) is 4.78. The predicted octanol–water partition coefficient (Wildman–Crippen LogP) is 1.90. The van der Waals surface area contributed by atoms with Crippen molar-refractivity contribution in [1.82, 2.24) is 15.1 Å². The maximum absolute atomic E-state index is 12.5. The maximum Gasteiger partial charge on any atom is 0.264 e. The highest BCUT2D eigenvalue weighted by atomic mass is 32.1. The number of amides is 4. The van der Waals surface area contributed by atoms with Crippen molar-refractivity contribution in [3.8, 4) is 0 Å². The average molecular weight is 455 g/mol. The van der Waals surface area contributed by atoms with Crippen LogP contribution in [0, 0.1) is 6.92 Å². The molecule has 0 spiro atoms. The van der Waals surface area contributed by atoms with Gasteiger partial charge < -0.3 is 20.0 Å². The van der Waals surface area contributed by atoms with E-state index in [0.29, 0.717) is 44.7 Å². The number of carbonyl (C=O) groups excluding carboxylic acids is 4. The number of carbonyl (C=O) groups is 4. The molecule has 2 fully saturated rings. The lowest BCUT2D eigenvalue weighted by Gasteiger charge is -2.34. The molecule has 0 saturated carbocycles. The number of nitrogens with one attached hydrogen (secondary N) is 1. The van der Waals surface area contributed by atoms with Crippen molar-refractivity contribution in [2.24, 2.45) is 0 Å². The molecular formula is C23H26N4O4S. The normalized spacial score (nSPS) is 16.4. The van der Waals surface area contributed by atoms with Gasteiger partial charge in [-0.2, -0.15) is 0 Å². The highest BCUT2D eigenvalue weighted by Gasteiger charge is 2.26. The summed E-state index contributed by atoms with van der Waals surface area (Å²) in [6.45, 7) is 4.42. The summed E-state index contributed by atoms with van der Waals surface area (Å²) in [4.78, 5) is 56.3. The second-order valence-corrected chi connectivity index (χ2v) is 9.25. The number of hydrogen-bond donors (Lipinski definition) is 1. The largest absolute Gasteiger partial charge is 0.343 e. The Labute approximate surface area is 190 Å². The molecule has 4 rings (SSSR count). The van der Waals surface area contributed by atoms with E-state index in [2.05, 4.69) is 5.32 Å². The zero-order chi connectivity index (χ0) is 22.7. The molecule has 8 nitrogen and oxygen atoms in total. The van der Waals surface area contributed by atoms with Gasteiger partial charge in [0.15, 0.2) is 0 Å². The first-order valence-corrected chi connectivity index (χ1v) is 11.6. The average Bonchev–Trinajstić information content (AvgIpc) is 3.45. The summed E-state index contributed by atoms with van der Waals surface area (Å²) >= 11 is 1.48. The fraction of sp³-hybridized carbons (Fsp3) is 0.391. The molecule has 3 heterocycles. The molecule has 0 atom stereocenters. The number of nitrogens with zero attached hydrogens (tertiary/aromatic N) is 3. The van der Waals surface area contributed by atoms with Crippen LogP contribution in [-0.2, 0) is 9.59 Å². The van der Waals surface area contributed by atoms with Gasteiger partial charge in [0.25, 0.3) is 11.8 Å². The second-order valence-electron chi connectivity index (χ2n) is 7.96. The molecule has 2 aliphatic rings. The zero-order valence-electron chi connectivity index (χ0n) is 18.0. The van der Waals surface area contributed by atoms with Crippen LogP contribution in [0.25, 0.3) is 0 Å². The molecule has 4 amide bonds. The van der Waals surface area contributed by atoms with Gasteiger partial charge in [0.1, 0.15) is 0 Å². The Morgan fingerprint density at radius 2 is 1.62 bits per heavy atom. The Balaban J connectivity index is 1.24. The Kier molecular flexibility index (Phi) is 6.55. The smallest absolute Gasteiger partial charge is 0.264 e. The van der Waals surface area contributed by atoms with Gasteiger partial charge >= 0.3 is 0 Å². The van der Waals surface area contributed by atoms with E-state index < -0.39 is 0 Å². The van der Waals surface area contributed by atoms with Crippen LogP contribution in [0.1, 0.15) is 37.7 Å². The van der Waals surface area contributed by atoms with Crippen LogP contribution < -0.4 is 10.2 Å². The number of aryl methyl sites for hydroxylation is 1. The minimum absolute atomic E-state index is 0.00239. The van der Waals surface area contributed by atoms with Gasteiger partial charge in [-0.15, -0.1) is 11.3 Å². The number of hydrogen-bond acceptors (Lipinski definition) is 5. The number of thiophene rings is 1. The van der Waals surface area contributed by atoms with E-state index in [1.54, 1.807) is 39.0 Å². The van der Waals surface area contributed by atoms with Gasteiger partial charge in [-0.25, -0.2) is 0 Å². The summed E-state index contributed by atoms with van der Waals surface area (Å²) in [6, 6.07) is 10.6. The van der Waals surface area contributed by atoms with Crippen molar-refractivity contribution in [3.05, 3.63) is 51.7 Å². The molecule has 0 unspecified atom stereocenters. The third-order valence-electron chi connectivity index (χ3n) is 5.79. The highest BCUT2D eigenvalue weighted by molar-refractivity contribution is 7.13. The van der Waals surface area contributed by atoms with Crippen LogP contribution >= 0.6 is 11.3 Å². The SMILES string of the molecule is Cc1ccc(C(=O)N2CCN(C(=O)CNC(=O)c3ccc(N4CCCC4=O)cc3)CC2)s1. The lowest BCUT2D eigenvalue weighted by molar-refractivity contribution is -0.131. The number of anilines is 1. The molecule has 2 saturated heterocycles. The molecule has 0 radical (unpaired) electrons. The Hall–Kier alpha value is -3.20. The van der Waals surface area contributed by atoms with Crippen molar-refractivity contribution >= 4 is 40.7 Å². The summed E-state index contributed by atoms with van der Waals surface area (Å²) < 4.78 is 0. The Morgan fingerprint density at radius 1 is 0.938 bits per heavy atom. The molecule has 0 aliphatic carbocycles. The fourth-order valence-electron chi connectivity index (χ4n) is 3.95. The summed E-state index contributed by atoms with van der Waals surface area (Å²) in [5.41, 5.74) is 1.22. The quantitative estimate of drug-likeness (QED) is 0.747. The number of piperazine rings is 1. The van der Waals surface area contributed by atoms with Crippen molar-refractivity contribution in [2.75, 3.05) is 44.2 Å². The summed E-state index contributed by atoms with van der Waals surface area (Å²) in [6.07, 6.45) is 1.40. The molecule has 9 heteroatoms. The molecule has 1 aromatic heterocycles. The Morgan fingerprint density at radius 3 is 2.22 bits per heavy atom. The number of benzene rings is 1. The van der Waals surface area contributed by atoms with Crippen molar-refractivity contribution < 1.29 is 19.2 Å². The van der Waals surface area contributed by atoms with Gasteiger partial charge in [0.05, 0.1) is 11.4 Å². The first-order chi connectivity index (χ1) is 15.4. The third kappa shape index (κ3) is 4.83. The summed E-state index contributed by atoms with van der Waals surface area (Å²) in [5.74, 6) is -0.404. The van der Waals surface area contributed by atoms with Crippen LogP contribution in [0.4, 0.5) is 5.69 Å². The van der Waals surface area contributed by atoms with Gasteiger partial charge in [-0.05, 0) is 49.7 Å². The van der Waals surface area contributed by atoms with Gasteiger partial charge in [-0.3, -0.25) is 19.2 Å². The van der Waals surface area contributed by atoms with Crippen LogP contribution in [0.15, 0.2) is 36.4 Å². The monoisotopic (exact) mass is 454 g/mol. The molecule has 2 aromatic rings. The van der Waals surface area contributed by atoms with E-state index in [0.717, 1.165) is 21.9 Å². The maximum atomic E-state index is 12.5. The van der Waals surface area contributed by atoms with Gasteiger partial charge in [-0.1, -0.05) is 0 Å². The molecule has 168 valence electrons. The third-order valence-corrected chi connectivity index (χ3v) is 6.77. The van der Waals surface area contributed by atoms with Crippen LogP contribution in [0.5, 0.6) is 0 Å². The van der Waals surface area contributed by atoms with Gasteiger partial charge in [0, 0.05) is 55.3 Å². The minimum atomic E-state index is -0.334. The molecule has 2 aliphatic heterocycles. The first-order valence-electron chi connectivity index (χ1n) is 10.7. The first kappa shape index (κ1) is 22.0. The highest BCUT2D eigenvalue weighted by Crippen LogP contribution is 2.21. The molecule has 32 heavy (non-hydrogen) atoms. The Bertz CT molecular complexity index is 1020. The lowest BCUT2D eigenvalue weighted by Crippen LogP contribution is -2.52. The minimum Gasteiger partial charge on any atom is -0.343 e. The summed E-state index contributed by atoms with van der Waals surface area (Å²) in [7, 11) is 0. The van der Waals surface area contributed by atoms with Crippen LogP contribution in [0.3, 0.4) is 0 Å². The van der Waals surface area contributed by atoms with E-state index in [1.807, 2.05) is 19.1 Å². The van der Waals surface area contributed by atoms with E-state index in [4.69, 9.17) is 0 Å². The molecular weight excluding hydrogens is 428 g/mol. The van der Waals surface area contributed by atoms with E-state index in [-0.39, 0.29) is 30.2 Å².